The summed E-state index contributed by atoms with van der Waals surface area (Å²) in [6, 6.07) is 2.17. The van der Waals surface area contributed by atoms with E-state index >= 15 is 0 Å². The van der Waals surface area contributed by atoms with E-state index in [1.54, 1.807) is 11.3 Å². The van der Waals surface area contributed by atoms with Crippen molar-refractivity contribution in [2.75, 3.05) is 32.7 Å². The first-order valence-electron chi connectivity index (χ1n) is 7.32. The van der Waals surface area contributed by atoms with Gasteiger partial charge in [0.15, 0.2) is 0 Å². The van der Waals surface area contributed by atoms with E-state index in [1.165, 1.54) is 5.56 Å². The van der Waals surface area contributed by atoms with Crippen molar-refractivity contribution in [2.24, 2.45) is 11.1 Å². The third kappa shape index (κ3) is 3.40. The first-order chi connectivity index (χ1) is 9.59. The van der Waals surface area contributed by atoms with Gasteiger partial charge in [-0.15, -0.1) is 0 Å². The molecule has 1 unspecified atom stereocenters. The van der Waals surface area contributed by atoms with Crippen LogP contribution in [-0.4, -0.2) is 48.4 Å². The molecule has 112 valence electrons. The van der Waals surface area contributed by atoms with Gasteiger partial charge in [0.1, 0.15) is 0 Å². The van der Waals surface area contributed by atoms with Crippen molar-refractivity contribution < 1.29 is 4.79 Å². The molecule has 1 saturated heterocycles. The van der Waals surface area contributed by atoms with Crippen molar-refractivity contribution in [1.82, 2.24) is 9.80 Å². The van der Waals surface area contributed by atoms with Crippen molar-refractivity contribution in [1.29, 1.82) is 0 Å². The van der Waals surface area contributed by atoms with Gasteiger partial charge in [0.25, 0.3) is 0 Å². The maximum Gasteiger partial charge on any atom is 0.229 e. The lowest BCUT2D eigenvalue weighted by Gasteiger charge is -2.39. The number of hydrogen-bond donors (Lipinski definition) is 1. The molecule has 20 heavy (non-hydrogen) atoms. The second-order valence-electron chi connectivity index (χ2n) is 5.82. The molecule has 1 aromatic heterocycles. The van der Waals surface area contributed by atoms with E-state index in [0.29, 0.717) is 6.54 Å². The summed E-state index contributed by atoms with van der Waals surface area (Å²) in [6.45, 7) is 8.98. The largest absolute Gasteiger partial charge is 0.340 e. The van der Waals surface area contributed by atoms with E-state index in [1.807, 2.05) is 18.7 Å². The Labute approximate surface area is 125 Å². The van der Waals surface area contributed by atoms with E-state index in [0.717, 1.165) is 39.1 Å². The highest BCUT2D eigenvalue weighted by atomic mass is 32.1. The minimum absolute atomic E-state index is 0.220. The predicted molar refractivity (Wildman–Crippen MR) is 83.6 cm³/mol. The van der Waals surface area contributed by atoms with Gasteiger partial charge in [-0.1, -0.05) is 6.92 Å². The van der Waals surface area contributed by atoms with Gasteiger partial charge in [-0.3, -0.25) is 9.69 Å². The molecule has 0 aromatic carbocycles. The van der Waals surface area contributed by atoms with Gasteiger partial charge in [-0.05, 0) is 35.7 Å². The van der Waals surface area contributed by atoms with Crippen LogP contribution >= 0.6 is 11.3 Å². The fourth-order valence-corrected chi connectivity index (χ4v) is 3.17. The van der Waals surface area contributed by atoms with Crippen LogP contribution in [0, 0.1) is 5.41 Å². The normalized spacial score (nSPS) is 19.9. The zero-order chi connectivity index (χ0) is 14.6. The summed E-state index contributed by atoms with van der Waals surface area (Å²) in [5, 5.41) is 4.31. The van der Waals surface area contributed by atoms with E-state index in [-0.39, 0.29) is 5.91 Å². The van der Waals surface area contributed by atoms with E-state index in [2.05, 4.69) is 21.7 Å². The number of nitrogens with two attached hydrogens (primary N) is 1. The van der Waals surface area contributed by atoms with Crippen molar-refractivity contribution in [3.8, 4) is 0 Å². The van der Waals surface area contributed by atoms with Crippen LogP contribution in [0.4, 0.5) is 0 Å². The molecular weight excluding hydrogens is 270 g/mol. The average molecular weight is 295 g/mol. The summed E-state index contributed by atoms with van der Waals surface area (Å²) in [5.74, 6) is 0.220. The number of rotatable bonds is 5. The molecule has 1 aliphatic heterocycles. The van der Waals surface area contributed by atoms with Crippen LogP contribution in [-0.2, 0) is 11.3 Å². The lowest BCUT2D eigenvalue weighted by Crippen LogP contribution is -2.53. The van der Waals surface area contributed by atoms with Crippen LogP contribution < -0.4 is 5.73 Å². The smallest absolute Gasteiger partial charge is 0.229 e. The summed E-state index contributed by atoms with van der Waals surface area (Å²) < 4.78 is 0. The molecule has 1 aliphatic rings. The molecular formula is C15H25N3OS. The highest BCUT2D eigenvalue weighted by molar-refractivity contribution is 7.07. The molecule has 1 atom stereocenters. The predicted octanol–water partition coefficient (Wildman–Crippen LogP) is 1.77. The third-order valence-corrected chi connectivity index (χ3v) is 5.13. The number of thiophene rings is 1. The molecule has 4 nitrogen and oxygen atoms in total. The van der Waals surface area contributed by atoms with E-state index < -0.39 is 5.41 Å². The number of carbonyl (C=O) groups excluding carboxylic acids is 1. The van der Waals surface area contributed by atoms with Crippen LogP contribution in [0.5, 0.6) is 0 Å². The number of amides is 1. The molecule has 0 spiro atoms. The molecule has 2 heterocycles. The quantitative estimate of drug-likeness (QED) is 0.900. The standard InChI is InChI=1S/C15H25N3OS/c1-3-15(2,12-16)14(19)18-7-5-17(6-8-18)10-13-4-9-20-11-13/h4,9,11H,3,5-8,10,12,16H2,1-2H3. The Morgan fingerprint density at radius 1 is 1.40 bits per heavy atom. The highest BCUT2D eigenvalue weighted by Gasteiger charge is 2.34. The third-order valence-electron chi connectivity index (χ3n) is 4.39. The SMILES string of the molecule is CCC(C)(CN)C(=O)N1CCN(Cc2ccsc2)CC1. The number of carbonyl (C=O) groups is 1. The minimum Gasteiger partial charge on any atom is -0.340 e. The Morgan fingerprint density at radius 3 is 2.60 bits per heavy atom. The van der Waals surface area contributed by atoms with Gasteiger partial charge in [0.2, 0.25) is 5.91 Å². The molecule has 2 N–H and O–H groups in total. The van der Waals surface area contributed by atoms with Crippen molar-refractivity contribution in [3.63, 3.8) is 0 Å². The zero-order valence-electron chi connectivity index (χ0n) is 12.5. The maximum absolute atomic E-state index is 12.5. The van der Waals surface area contributed by atoms with Gasteiger partial charge in [-0.25, -0.2) is 0 Å². The Morgan fingerprint density at radius 2 is 2.10 bits per heavy atom. The molecule has 0 aliphatic carbocycles. The van der Waals surface area contributed by atoms with Crippen LogP contribution in [0.1, 0.15) is 25.8 Å². The molecule has 0 bridgehead atoms. The summed E-state index contributed by atoms with van der Waals surface area (Å²) in [7, 11) is 0. The Kier molecular flexibility index (Phi) is 5.18. The topological polar surface area (TPSA) is 49.6 Å². The first-order valence-corrected chi connectivity index (χ1v) is 8.26. The average Bonchev–Trinajstić information content (AvgIpc) is 2.99. The lowest BCUT2D eigenvalue weighted by atomic mass is 9.86. The van der Waals surface area contributed by atoms with Crippen LogP contribution in [0.25, 0.3) is 0 Å². The molecule has 0 saturated carbocycles. The molecule has 0 radical (unpaired) electrons. The second-order valence-corrected chi connectivity index (χ2v) is 6.60. The summed E-state index contributed by atoms with van der Waals surface area (Å²) in [5.41, 5.74) is 6.76. The zero-order valence-corrected chi connectivity index (χ0v) is 13.3. The van der Waals surface area contributed by atoms with Crippen LogP contribution in [0.15, 0.2) is 16.8 Å². The van der Waals surface area contributed by atoms with Gasteiger partial charge >= 0.3 is 0 Å². The summed E-state index contributed by atoms with van der Waals surface area (Å²) >= 11 is 1.74. The molecule has 1 fully saturated rings. The van der Waals surface area contributed by atoms with Crippen molar-refractivity contribution in [2.45, 2.75) is 26.8 Å². The second kappa shape index (κ2) is 6.70. The van der Waals surface area contributed by atoms with Crippen molar-refractivity contribution in [3.05, 3.63) is 22.4 Å². The fourth-order valence-electron chi connectivity index (χ4n) is 2.51. The molecule has 5 heteroatoms. The van der Waals surface area contributed by atoms with Crippen LogP contribution in [0.2, 0.25) is 0 Å². The van der Waals surface area contributed by atoms with Gasteiger partial charge in [0.05, 0.1) is 5.41 Å². The molecule has 1 amide bonds. The minimum atomic E-state index is -0.393. The lowest BCUT2D eigenvalue weighted by molar-refractivity contribution is -0.142. The van der Waals surface area contributed by atoms with Gasteiger partial charge in [0, 0.05) is 39.3 Å². The highest BCUT2D eigenvalue weighted by Crippen LogP contribution is 2.23. The number of nitrogens with zero attached hydrogens (tertiary/aromatic N) is 2. The molecule has 2 rings (SSSR count). The van der Waals surface area contributed by atoms with Gasteiger partial charge < -0.3 is 10.6 Å². The first kappa shape index (κ1) is 15.5. The summed E-state index contributed by atoms with van der Waals surface area (Å²) in [4.78, 5) is 16.9. The van der Waals surface area contributed by atoms with Gasteiger partial charge in [-0.2, -0.15) is 11.3 Å². The monoisotopic (exact) mass is 295 g/mol. The Balaban J connectivity index is 1.86. The molecule has 1 aromatic rings. The summed E-state index contributed by atoms with van der Waals surface area (Å²) in [6.07, 6.45) is 0.803. The van der Waals surface area contributed by atoms with Crippen molar-refractivity contribution >= 4 is 17.2 Å². The van der Waals surface area contributed by atoms with Crippen LogP contribution in [0.3, 0.4) is 0 Å². The van der Waals surface area contributed by atoms with E-state index in [9.17, 15) is 4.79 Å². The fraction of sp³-hybridized carbons (Fsp3) is 0.667. The van der Waals surface area contributed by atoms with E-state index in [4.69, 9.17) is 5.73 Å². The number of hydrogen-bond acceptors (Lipinski definition) is 4. The Hall–Kier alpha value is -0.910. The maximum atomic E-state index is 12.5. The Bertz CT molecular complexity index is 420. The number of piperazine rings is 1.